The number of aliphatic hydroxyl groups excluding tert-OH is 1. The lowest BCUT2D eigenvalue weighted by Gasteiger charge is -2.28. The minimum absolute atomic E-state index is 0.0416. The third-order valence-electron chi connectivity index (χ3n) is 5.61. The fourth-order valence-corrected chi connectivity index (χ4v) is 3.75. The molecule has 1 saturated heterocycles. The predicted molar refractivity (Wildman–Crippen MR) is 114 cm³/mol. The van der Waals surface area contributed by atoms with Crippen LogP contribution in [0.4, 0.5) is 14.5 Å². The first kappa shape index (κ1) is 21.4. The number of pyridine rings is 1. The van der Waals surface area contributed by atoms with E-state index in [0.717, 1.165) is 25.0 Å². The second kappa shape index (κ2) is 9.53. The van der Waals surface area contributed by atoms with Gasteiger partial charge >= 0.3 is 0 Å². The Morgan fingerprint density at radius 1 is 1.16 bits per heavy atom. The molecular formula is C23H25F2N3O3. The van der Waals surface area contributed by atoms with Gasteiger partial charge in [-0.1, -0.05) is 12.8 Å². The first-order valence-electron chi connectivity index (χ1n) is 10.4. The van der Waals surface area contributed by atoms with E-state index >= 15 is 0 Å². The van der Waals surface area contributed by atoms with Gasteiger partial charge in [-0.2, -0.15) is 0 Å². The van der Waals surface area contributed by atoms with Crippen molar-refractivity contribution in [2.45, 2.75) is 43.9 Å². The summed E-state index contributed by atoms with van der Waals surface area (Å²) in [5, 5.41) is 16.0. The van der Waals surface area contributed by atoms with Crippen LogP contribution in [0.2, 0.25) is 0 Å². The van der Waals surface area contributed by atoms with E-state index in [1.165, 1.54) is 18.3 Å². The zero-order valence-corrected chi connectivity index (χ0v) is 17.0. The fourth-order valence-electron chi connectivity index (χ4n) is 3.75. The SMILES string of the molecule is O=C(N[C@H]1CCCC[C@@H]1O)c1ccc(F)c(/C=C(\F)c2cncc(NC3COC3)c2)c1. The lowest BCUT2D eigenvalue weighted by molar-refractivity contribution is 0.0211. The molecule has 2 atom stereocenters. The van der Waals surface area contributed by atoms with Crippen LogP contribution in [0.5, 0.6) is 0 Å². The van der Waals surface area contributed by atoms with Gasteiger partial charge in [0.25, 0.3) is 5.91 Å². The van der Waals surface area contributed by atoms with Crippen molar-refractivity contribution in [2.75, 3.05) is 18.5 Å². The number of amides is 1. The summed E-state index contributed by atoms with van der Waals surface area (Å²) >= 11 is 0. The summed E-state index contributed by atoms with van der Waals surface area (Å²) < 4.78 is 34.3. The molecule has 2 heterocycles. The number of benzene rings is 1. The Balaban J connectivity index is 1.50. The second-order valence-corrected chi connectivity index (χ2v) is 8.00. The van der Waals surface area contributed by atoms with E-state index in [4.69, 9.17) is 4.74 Å². The summed E-state index contributed by atoms with van der Waals surface area (Å²) in [5.74, 6) is -1.73. The lowest BCUT2D eigenvalue weighted by Crippen LogP contribution is -2.45. The number of aliphatic hydroxyl groups is 1. The van der Waals surface area contributed by atoms with Gasteiger partial charge in [0.2, 0.25) is 0 Å². The van der Waals surface area contributed by atoms with Gasteiger partial charge in [-0.3, -0.25) is 9.78 Å². The summed E-state index contributed by atoms with van der Waals surface area (Å²) in [6.45, 7) is 1.17. The zero-order valence-electron chi connectivity index (χ0n) is 17.0. The summed E-state index contributed by atoms with van der Waals surface area (Å²) in [4.78, 5) is 16.6. The molecule has 2 aromatic rings. The maximum absolute atomic E-state index is 14.8. The minimum Gasteiger partial charge on any atom is -0.391 e. The summed E-state index contributed by atoms with van der Waals surface area (Å²) in [5.41, 5.74) is 1.01. The van der Waals surface area contributed by atoms with E-state index in [1.807, 2.05) is 0 Å². The highest BCUT2D eigenvalue weighted by atomic mass is 19.1. The van der Waals surface area contributed by atoms with Crippen molar-refractivity contribution in [3.63, 3.8) is 0 Å². The smallest absolute Gasteiger partial charge is 0.251 e. The van der Waals surface area contributed by atoms with Crippen molar-refractivity contribution >= 4 is 23.5 Å². The van der Waals surface area contributed by atoms with Gasteiger partial charge in [0.15, 0.2) is 0 Å². The molecule has 1 aromatic heterocycles. The standard InChI is InChI=1S/C23H25F2N3O3/c24-19-6-5-14(23(30)28-21-3-1-2-4-22(21)29)7-15(19)9-20(25)16-8-17(11-26-10-16)27-18-12-31-13-18/h5-11,18,21-22,27,29H,1-4,12-13H2,(H,28,30)/b20-9-/t21-,22-/m0/s1. The Hall–Kier alpha value is -2.84. The molecule has 1 amide bonds. The number of carbonyl (C=O) groups excluding carboxylic acids is 1. The Kier molecular flexibility index (Phi) is 6.58. The number of carbonyl (C=O) groups is 1. The van der Waals surface area contributed by atoms with Crippen molar-refractivity contribution in [1.82, 2.24) is 10.3 Å². The molecule has 1 aromatic carbocycles. The molecule has 1 saturated carbocycles. The summed E-state index contributed by atoms with van der Waals surface area (Å²) in [7, 11) is 0. The molecule has 1 aliphatic heterocycles. The van der Waals surface area contributed by atoms with Gasteiger partial charge in [0.05, 0.1) is 37.1 Å². The Labute approximate surface area is 179 Å². The predicted octanol–water partition coefficient (Wildman–Crippen LogP) is 3.53. The van der Waals surface area contributed by atoms with E-state index in [2.05, 4.69) is 15.6 Å². The number of halogens is 2. The molecule has 2 aliphatic rings. The third kappa shape index (κ3) is 5.26. The van der Waals surface area contributed by atoms with Crippen LogP contribution >= 0.6 is 0 Å². The molecule has 164 valence electrons. The monoisotopic (exact) mass is 429 g/mol. The molecule has 0 radical (unpaired) electrons. The van der Waals surface area contributed by atoms with E-state index in [9.17, 15) is 18.7 Å². The maximum atomic E-state index is 14.8. The highest BCUT2D eigenvalue weighted by Crippen LogP contribution is 2.24. The molecule has 31 heavy (non-hydrogen) atoms. The number of rotatable bonds is 6. The number of nitrogens with zero attached hydrogens (tertiary/aromatic N) is 1. The normalized spacial score (nSPS) is 22.0. The third-order valence-corrected chi connectivity index (χ3v) is 5.61. The van der Waals surface area contributed by atoms with E-state index in [-0.39, 0.29) is 28.8 Å². The van der Waals surface area contributed by atoms with Gasteiger partial charge in [-0.25, -0.2) is 8.78 Å². The Morgan fingerprint density at radius 3 is 2.71 bits per heavy atom. The van der Waals surface area contributed by atoms with Crippen LogP contribution in [0.1, 0.15) is 47.2 Å². The summed E-state index contributed by atoms with van der Waals surface area (Å²) in [6, 6.07) is 5.22. The number of aromatic nitrogens is 1. The topological polar surface area (TPSA) is 83.5 Å². The first-order chi connectivity index (χ1) is 15.0. The molecule has 2 fully saturated rings. The van der Waals surface area contributed by atoms with Gasteiger partial charge in [-0.15, -0.1) is 0 Å². The molecule has 0 bridgehead atoms. The molecule has 6 nitrogen and oxygen atoms in total. The van der Waals surface area contributed by atoms with Crippen molar-refractivity contribution in [2.24, 2.45) is 0 Å². The van der Waals surface area contributed by atoms with Gasteiger partial charge < -0.3 is 20.5 Å². The average molecular weight is 429 g/mol. The van der Waals surface area contributed by atoms with Gasteiger partial charge in [0, 0.05) is 29.1 Å². The van der Waals surface area contributed by atoms with Crippen LogP contribution < -0.4 is 10.6 Å². The molecule has 8 heteroatoms. The van der Waals surface area contributed by atoms with Crippen molar-refractivity contribution in [3.8, 4) is 0 Å². The van der Waals surface area contributed by atoms with Crippen LogP contribution in [0.25, 0.3) is 11.9 Å². The van der Waals surface area contributed by atoms with Crippen molar-refractivity contribution in [3.05, 3.63) is 59.2 Å². The van der Waals surface area contributed by atoms with E-state index < -0.39 is 23.7 Å². The molecular weight excluding hydrogens is 404 g/mol. The zero-order chi connectivity index (χ0) is 21.8. The molecule has 3 N–H and O–H groups in total. The first-order valence-corrected chi connectivity index (χ1v) is 10.4. The van der Waals surface area contributed by atoms with Crippen molar-refractivity contribution < 1.29 is 23.4 Å². The molecule has 0 spiro atoms. The highest BCUT2D eigenvalue weighted by Gasteiger charge is 2.25. The van der Waals surface area contributed by atoms with Crippen LogP contribution in [-0.4, -0.2) is 47.4 Å². The van der Waals surface area contributed by atoms with Gasteiger partial charge in [0.1, 0.15) is 11.6 Å². The van der Waals surface area contributed by atoms with Crippen LogP contribution in [-0.2, 0) is 4.74 Å². The average Bonchev–Trinajstić information content (AvgIpc) is 2.74. The summed E-state index contributed by atoms with van der Waals surface area (Å²) in [6.07, 6.45) is 6.60. The van der Waals surface area contributed by atoms with Crippen LogP contribution in [0.3, 0.4) is 0 Å². The largest absolute Gasteiger partial charge is 0.391 e. The number of nitrogens with one attached hydrogen (secondary N) is 2. The Bertz CT molecular complexity index is 978. The highest BCUT2D eigenvalue weighted by molar-refractivity contribution is 5.95. The lowest BCUT2D eigenvalue weighted by atomic mass is 9.92. The van der Waals surface area contributed by atoms with Crippen LogP contribution in [0, 0.1) is 5.82 Å². The van der Waals surface area contributed by atoms with E-state index in [1.54, 1.807) is 12.3 Å². The number of ether oxygens (including phenoxy) is 1. The molecule has 0 unspecified atom stereocenters. The van der Waals surface area contributed by atoms with Crippen molar-refractivity contribution in [1.29, 1.82) is 0 Å². The Morgan fingerprint density at radius 2 is 1.97 bits per heavy atom. The van der Waals surface area contributed by atoms with E-state index in [0.29, 0.717) is 31.7 Å². The number of hydrogen-bond donors (Lipinski definition) is 3. The van der Waals surface area contributed by atoms with Crippen LogP contribution in [0.15, 0.2) is 36.7 Å². The molecule has 4 rings (SSSR count). The second-order valence-electron chi connectivity index (χ2n) is 8.00. The fraction of sp³-hybridized carbons (Fsp3) is 0.391. The maximum Gasteiger partial charge on any atom is 0.251 e. The quantitative estimate of drug-likeness (QED) is 0.654. The number of hydrogen-bond acceptors (Lipinski definition) is 5. The molecule has 1 aliphatic carbocycles. The number of anilines is 1. The van der Waals surface area contributed by atoms with Gasteiger partial charge in [-0.05, 0) is 43.2 Å². The minimum atomic E-state index is -0.667.